The van der Waals surface area contributed by atoms with Gasteiger partial charge in [0.2, 0.25) is 0 Å². The average Bonchev–Trinajstić information content (AvgIpc) is 3.57. The van der Waals surface area contributed by atoms with E-state index in [1.807, 2.05) is 18.2 Å². The summed E-state index contributed by atoms with van der Waals surface area (Å²) in [7, 11) is 0. The molecule has 0 amide bonds. The van der Waals surface area contributed by atoms with E-state index in [4.69, 9.17) is 0 Å². The molecule has 1 N–H and O–H groups in total. The van der Waals surface area contributed by atoms with Gasteiger partial charge >= 0.3 is 0 Å². The Kier molecular flexibility index (Phi) is 5.76. The van der Waals surface area contributed by atoms with Gasteiger partial charge in [0.25, 0.3) is 0 Å². The van der Waals surface area contributed by atoms with Crippen LogP contribution in [-0.4, -0.2) is 0 Å². The fourth-order valence-electron chi connectivity index (χ4n) is 7.63. The highest BCUT2D eigenvalue weighted by Crippen LogP contribution is 2.63. The summed E-state index contributed by atoms with van der Waals surface area (Å²) in [5.41, 5.74) is 15.8. The van der Waals surface area contributed by atoms with Gasteiger partial charge in [-0.05, 0) is 105 Å². The summed E-state index contributed by atoms with van der Waals surface area (Å²) < 4.78 is 0. The predicted molar refractivity (Wildman–Crippen MR) is 187 cm³/mol. The lowest BCUT2D eigenvalue weighted by molar-refractivity contribution is 0.793. The first kappa shape index (κ1) is 25.6. The fraction of sp³-hybridized carbons (Fsp3) is 0.0233. The smallest absolute Gasteiger partial charge is 0.0726 e. The van der Waals surface area contributed by atoms with Crippen molar-refractivity contribution in [1.82, 2.24) is 0 Å². The number of hydrogen-bond donors (Lipinski definition) is 1. The molecule has 0 unspecified atom stereocenters. The van der Waals surface area contributed by atoms with Crippen LogP contribution in [0.25, 0.3) is 22.3 Å². The number of hydrogen-bond acceptors (Lipinski definition) is 2. The van der Waals surface area contributed by atoms with Crippen molar-refractivity contribution in [3.05, 3.63) is 198 Å². The third-order valence-electron chi connectivity index (χ3n) is 9.44. The van der Waals surface area contributed by atoms with Crippen molar-refractivity contribution < 1.29 is 0 Å². The van der Waals surface area contributed by atoms with Crippen LogP contribution in [0.2, 0.25) is 0 Å². The minimum atomic E-state index is -0.374. The van der Waals surface area contributed by atoms with Crippen LogP contribution in [0.4, 0.5) is 28.4 Å². The largest absolute Gasteiger partial charge is 0.356 e. The van der Waals surface area contributed by atoms with Gasteiger partial charge in [-0.1, -0.05) is 115 Å². The van der Waals surface area contributed by atoms with Crippen molar-refractivity contribution in [2.75, 3.05) is 10.2 Å². The molecule has 0 radical (unpaired) electrons. The number of nitrogens with zero attached hydrogens (tertiary/aromatic N) is 1. The van der Waals surface area contributed by atoms with Gasteiger partial charge in [0.05, 0.1) is 5.41 Å². The second-order valence-electron chi connectivity index (χ2n) is 11.8. The maximum atomic E-state index is 3.53. The predicted octanol–water partition coefficient (Wildman–Crippen LogP) is 11.2. The number of anilines is 5. The van der Waals surface area contributed by atoms with E-state index in [0.29, 0.717) is 0 Å². The summed E-state index contributed by atoms with van der Waals surface area (Å²) in [6, 6.07) is 63.7. The van der Waals surface area contributed by atoms with E-state index in [9.17, 15) is 0 Å². The number of benzene rings is 7. The first-order valence-electron chi connectivity index (χ1n) is 15.5. The molecule has 0 aromatic heterocycles. The second-order valence-corrected chi connectivity index (χ2v) is 11.8. The molecular formula is C43H30N2. The zero-order valence-corrected chi connectivity index (χ0v) is 24.7. The van der Waals surface area contributed by atoms with Crippen LogP contribution in [-0.2, 0) is 5.41 Å². The molecule has 9 rings (SSSR count). The minimum absolute atomic E-state index is 0.374. The molecule has 0 saturated carbocycles. The van der Waals surface area contributed by atoms with Crippen LogP contribution >= 0.6 is 0 Å². The molecule has 0 bridgehead atoms. The summed E-state index contributed by atoms with van der Waals surface area (Å²) in [6.07, 6.45) is 0. The third kappa shape index (κ3) is 3.82. The molecule has 45 heavy (non-hydrogen) atoms. The number of fused-ring (bicyclic) bond motifs is 10. The summed E-state index contributed by atoms with van der Waals surface area (Å²) in [6.45, 7) is 0. The van der Waals surface area contributed by atoms with Gasteiger partial charge in [0, 0.05) is 28.4 Å². The highest BCUT2D eigenvalue weighted by molar-refractivity contribution is 5.96. The van der Waals surface area contributed by atoms with E-state index in [2.05, 4.69) is 168 Å². The van der Waals surface area contributed by atoms with Gasteiger partial charge in [0.1, 0.15) is 0 Å². The lowest BCUT2D eigenvalue weighted by Gasteiger charge is -2.32. The van der Waals surface area contributed by atoms with Crippen molar-refractivity contribution in [1.29, 1.82) is 0 Å². The van der Waals surface area contributed by atoms with Gasteiger partial charge in [0.15, 0.2) is 0 Å². The first-order chi connectivity index (χ1) is 22.3. The lowest BCUT2D eigenvalue weighted by Crippen LogP contribution is -2.26. The number of rotatable bonds is 5. The molecule has 7 aromatic carbocycles. The summed E-state index contributed by atoms with van der Waals surface area (Å²) >= 11 is 0. The highest BCUT2D eigenvalue weighted by atomic mass is 15.1. The van der Waals surface area contributed by atoms with Crippen LogP contribution in [0.15, 0.2) is 176 Å². The quantitative estimate of drug-likeness (QED) is 0.220. The number of para-hydroxylation sites is 2. The van der Waals surface area contributed by atoms with E-state index < -0.39 is 0 Å². The average molecular weight is 575 g/mol. The van der Waals surface area contributed by atoms with Crippen molar-refractivity contribution in [2.24, 2.45) is 0 Å². The Morgan fingerprint density at radius 1 is 0.333 bits per heavy atom. The molecule has 1 spiro atoms. The Morgan fingerprint density at radius 3 is 1.33 bits per heavy atom. The number of nitrogens with one attached hydrogen (secondary N) is 1. The van der Waals surface area contributed by atoms with Crippen molar-refractivity contribution in [3.8, 4) is 22.3 Å². The Bertz CT molecular complexity index is 2120. The van der Waals surface area contributed by atoms with Gasteiger partial charge in [-0.2, -0.15) is 0 Å². The fourth-order valence-corrected chi connectivity index (χ4v) is 7.63. The molecule has 7 aromatic rings. The molecule has 0 heterocycles. The molecule has 2 aliphatic rings. The van der Waals surface area contributed by atoms with Gasteiger partial charge < -0.3 is 10.2 Å². The second kappa shape index (κ2) is 10.1. The maximum absolute atomic E-state index is 3.53. The summed E-state index contributed by atoms with van der Waals surface area (Å²) in [5, 5.41) is 3.53. The zero-order chi connectivity index (χ0) is 29.8. The topological polar surface area (TPSA) is 15.3 Å². The van der Waals surface area contributed by atoms with Crippen LogP contribution in [0.3, 0.4) is 0 Å². The summed E-state index contributed by atoms with van der Waals surface area (Å²) in [4.78, 5) is 2.37. The molecule has 0 saturated heterocycles. The molecule has 0 atom stereocenters. The Balaban J connectivity index is 1.24. The van der Waals surface area contributed by atoms with Crippen molar-refractivity contribution in [2.45, 2.75) is 5.41 Å². The van der Waals surface area contributed by atoms with Crippen LogP contribution in [0, 0.1) is 0 Å². The van der Waals surface area contributed by atoms with Crippen molar-refractivity contribution in [3.63, 3.8) is 0 Å². The van der Waals surface area contributed by atoms with E-state index in [-0.39, 0.29) is 5.41 Å². The molecule has 2 heteroatoms. The Morgan fingerprint density at radius 2 is 0.756 bits per heavy atom. The third-order valence-corrected chi connectivity index (χ3v) is 9.44. The normalized spacial score (nSPS) is 13.1. The molecule has 2 nitrogen and oxygen atoms in total. The van der Waals surface area contributed by atoms with E-state index in [0.717, 1.165) is 28.4 Å². The molecule has 0 aliphatic heterocycles. The van der Waals surface area contributed by atoms with Crippen LogP contribution in [0.1, 0.15) is 22.3 Å². The standard InChI is InChI=1S/C43H30N2/c1-3-13-30(14-4-1)44-31-23-25-33(26-24-31)45(32-15-5-2-6-16-32)34-27-28-38-37-19-9-12-22-41(37)43(42(38)29-34)39-20-10-7-17-35(39)36-18-8-11-21-40(36)43/h1-29,44H. The molecule has 0 fully saturated rings. The van der Waals surface area contributed by atoms with Crippen LogP contribution < -0.4 is 10.2 Å². The van der Waals surface area contributed by atoms with E-state index in [1.54, 1.807) is 0 Å². The Labute approximate surface area is 263 Å². The first-order valence-corrected chi connectivity index (χ1v) is 15.5. The van der Waals surface area contributed by atoms with Crippen LogP contribution in [0.5, 0.6) is 0 Å². The molecule has 212 valence electrons. The van der Waals surface area contributed by atoms with Crippen molar-refractivity contribution >= 4 is 28.4 Å². The zero-order valence-electron chi connectivity index (χ0n) is 24.7. The summed E-state index contributed by atoms with van der Waals surface area (Å²) in [5.74, 6) is 0. The molecular weight excluding hydrogens is 544 g/mol. The van der Waals surface area contributed by atoms with Gasteiger partial charge in [-0.3, -0.25) is 0 Å². The maximum Gasteiger partial charge on any atom is 0.0726 e. The SMILES string of the molecule is c1ccc(Nc2ccc(N(c3ccccc3)c3ccc4c(c3)C3(c5ccccc5-c5ccccc53)c3ccccc3-4)cc2)cc1. The highest BCUT2D eigenvalue weighted by Gasteiger charge is 2.51. The Hall–Kier alpha value is -5.86. The van der Waals surface area contributed by atoms with Gasteiger partial charge in [-0.15, -0.1) is 0 Å². The molecule has 2 aliphatic carbocycles. The lowest BCUT2D eigenvalue weighted by atomic mass is 9.70. The van der Waals surface area contributed by atoms with E-state index >= 15 is 0 Å². The monoisotopic (exact) mass is 574 g/mol. The minimum Gasteiger partial charge on any atom is -0.356 e. The van der Waals surface area contributed by atoms with E-state index in [1.165, 1.54) is 44.5 Å². The van der Waals surface area contributed by atoms with Gasteiger partial charge in [-0.25, -0.2) is 0 Å².